The SMILES string of the molecule is CC1(C)CCC(O)(CNCc2cccc(C(=O)O)c2)CC1. The maximum Gasteiger partial charge on any atom is 0.335 e. The molecule has 0 unspecified atom stereocenters. The van der Waals surface area contributed by atoms with E-state index in [2.05, 4.69) is 19.2 Å². The first kappa shape index (κ1) is 16.0. The molecule has 0 saturated heterocycles. The van der Waals surface area contributed by atoms with Crippen molar-refractivity contribution in [2.45, 2.75) is 51.7 Å². The lowest BCUT2D eigenvalue weighted by molar-refractivity contribution is -0.0245. The smallest absolute Gasteiger partial charge is 0.335 e. The fraction of sp³-hybridized carbons (Fsp3) is 0.588. The number of aliphatic hydroxyl groups is 1. The predicted molar refractivity (Wildman–Crippen MR) is 82.3 cm³/mol. The van der Waals surface area contributed by atoms with Crippen molar-refractivity contribution in [2.24, 2.45) is 5.41 Å². The molecule has 0 spiro atoms. The highest BCUT2D eigenvalue weighted by atomic mass is 16.4. The van der Waals surface area contributed by atoms with Gasteiger partial charge in [0.25, 0.3) is 0 Å². The average molecular weight is 291 g/mol. The Kier molecular flexibility index (Phi) is 4.69. The lowest BCUT2D eigenvalue weighted by Crippen LogP contribution is -2.44. The van der Waals surface area contributed by atoms with Crippen LogP contribution in [0.25, 0.3) is 0 Å². The van der Waals surface area contributed by atoms with Crippen LogP contribution in [0.3, 0.4) is 0 Å². The Morgan fingerprint density at radius 2 is 1.90 bits per heavy atom. The van der Waals surface area contributed by atoms with Crippen LogP contribution in [0.4, 0.5) is 0 Å². The Morgan fingerprint density at radius 1 is 1.24 bits per heavy atom. The zero-order valence-electron chi connectivity index (χ0n) is 12.9. The van der Waals surface area contributed by atoms with Gasteiger partial charge in [-0.2, -0.15) is 0 Å². The summed E-state index contributed by atoms with van der Waals surface area (Å²) in [5.74, 6) is -0.912. The number of rotatable bonds is 5. The topological polar surface area (TPSA) is 69.6 Å². The van der Waals surface area contributed by atoms with E-state index < -0.39 is 11.6 Å². The molecule has 4 nitrogen and oxygen atoms in total. The molecule has 0 atom stereocenters. The van der Waals surface area contributed by atoms with Crippen LogP contribution in [0.5, 0.6) is 0 Å². The van der Waals surface area contributed by atoms with Gasteiger partial charge in [-0.05, 0) is 48.8 Å². The number of carbonyl (C=O) groups is 1. The molecule has 1 fully saturated rings. The average Bonchev–Trinajstić information content (AvgIpc) is 2.43. The molecule has 1 aromatic carbocycles. The minimum absolute atomic E-state index is 0.299. The van der Waals surface area contributed by atoms with E-state index in [0.717, 1.165) is 31.2 Å². The van der Waals surface area contributed by atoms with E-state index in [0.29, 0.717) is 24.1 Å². The highest BCUT2D eigenvalue weighted by molar-refractivity contribution is 5.87. The second kappa shape index (κ2) is 6.16. The molecular weight excluding hydrogens is 266 g/mol. The van der Waals surface area contributed by atoms with Crippen molar-refractivity contribution < 1.29 is 15.0 Å². The van der Waals surface area contributed by atoms with Gasteiger partial charge in [-0.15, -0.1) is 0 Å². The highest BCUT2D eigenvalue weighted by Crippen LogP contribution is 2.39. The Morgan fingerprint density at radius 3 is 2.52 bits per heavy atom. The Hall–Kier alpha value is -1.39. The number of aromatic carboxylic acids is 1. The van der Waals surface area contributed by atoms with Gasteiger partial charge in [-0.3, -0.25) is 0 Å². The molecule has 0 bridgehead atoms. The van der Waals surface area contributed by atoms with Crippen LogP contribution in [0.1, 0.15) is 55.5 Å². The number of carboxylic acids is 1. The summed E-state index contributed by atoms with van der Waals surface area (Å²) in [5, 5.41) is 22.8. The van der Waals surface area contributed by atoms with Gasteiger partial charge < -0.3 is 15.5 Å². The minimum atomic E-state index is -0.912. The molecular formula is C17H25NO3. The number of hydrogen-bond acceptors (Lipinski definition) is 3. The molecule has 2 rings (SSSR count). The van der Waals surface area contributed by atoms with Crippen molar-refractivity contribution in [2.75, 3.05) is 6.54 Å². The Bertz CT molecular complexity index is 501. The number of nitrogens with one attached hydrogen (secondary N) is 1. The maximum atomic E-state index is 10.9. The fourth-order valence-corrected chi connectivity index (χ4v) is 2.82. The number of benzene rings is 1. The second-order valence-electron chi connectivity index (χ2n) is 7.00. The van der Waals surface area contributed by atoms with Crippen molar-refractivity contribution in [3.05, 3.63) is 35.4 Å². The summed E-state index contributed by atoms with van der Waals surface area (Å²) in [6.45, 7) is 5.63. The molecule has 116 valence electrons. The fourth-order valence-electron chi connectivity index (χ4n) is 2.82. The maximum absolute atomic E-state index is 10.9. The Balaban J connectivity index is 1.84. The van der Waals surface area contributed by atoms with E-state index in [-0.39, 0.29) is 0 Å². The lowest BCUT2D eigenvalue weighted by Gasteiger charge is -2.40. The third-order valence-corrected chi connectivity index (χ3v) is 4.49. The van der Waals surface area contributed by atoms with Gasteiger partial charge in [-0.1, -0.05) is 26.0 Å². The molecule has 0 heterocycles. The monoisotopic (exact) mass is 291 g/mol. The van der Waals surface area contributed by atoms with E-state index in [1.807, 2.05) is 6.07 Å². The summed E-state index contributed by atoms with van der Waals surface area (Å²) >= 11 is 0. The second-order valence-corrected chi connectivity index (χ2v) is 7.00. The van der Waals surface area contributed by atoms with Gasteiger partial charge in [0.15, 0.2) is 0 Å². The molecule has 0 aromatic heterocycles. The largest absolute Gasteiger partial charge is 0.478 e. The summed E-state index contributed by atoms with van der Waals surface area (Å²) in [7, 11) is 0. The summed E-state index contributed by atoms with van der Waals surface area (Å²) < 4.78 is 0. The van der Waals surface area contributed by atoms with Crippen molar-refractivity contribution in [1.29, 1.82) is 0 Å². The number of carboxylic acid groups (broad SMARTS) is 1. The molecule has 0 radical (unpaired) electrons. The highest BCUT2D eigenvalue weighted by Gasteiger charge is 2.36. The quantitative estimate of drug-likeness (QED) is 0.780. The van der Waals surface area contributed by atoms with Crippen LogP contribution < -0.4 is 5.32 Å². The van der Waals surface area contributed by atoms with Gasteiger partial charge in [0.05, 0.1) is 11.2 Å². The van der Waals surface area contributed by atoms with Gasteiger partial charge >= 0.3 is 5.97 Å². The minimum Gasteiger partial charge on any atom is -0.478 e. The standard InChI is InChI=1S/C17H25NO3/c1-16(2)6-8-17(21,9-7-16)12-18-11-13-4-3-5-14(10-13)15(19)20/h3-5,10,18,21H,6-9,11-12H2,1-2H3,(H,19,20). The van der Waals surface area contributed by atoms with E-state index in [9.17, 15) is 9.90 Å². The van der Waals surface area contributed by atoms with Crippen molar-refractivity contribution in [3.63, 3.8) is 0 Å². The van der Waals surface area contributed by atoms with Gasteiger partial charge in [0.2, 0.25) is 0 Å². The summed E-state index contributed by atoms with van der Waals surface area (Å²) in [4.78, 5) is 10.9. The van der Waals surface area contributed by atoms with Crippen LogP contribution in [-0.4, -0.2) is 28.3 Å². The zero-order chi connectivity index (χ0) is 15.5. The normalized spacial score (nSPS) is 20.1. The molecule has 21 heavy (non-hydrogen) atoms. The molecule has 4 heteroatoms. The van der Waals surface area contributed by atoms with Crippen LogP contribution >= 0.6 is 0 Å². The molecule has 1 aliphatic carbocycles. The molecule has 3 N–H and O–H groups in total. The van der Waals surface area contributed by atoms with Crippen molar-refractivity contribution in [1.82, 2.24) is 5.32 Å². The van der Waals surface area contributed by atoms with Crippen molar-refractivity contribution >= 4 is 5.97 Å². The van der Waals surface area contributed by atoms with E-state index in [4.69, 9.17) is 5.11 Å². The first-order valence-electron chi connectivity index (χ1n) is 7.55. The van der Waals surface area contributed by atoms with Gasteiger partial charge in [0, 0.05) is 13.1 Å². The van der Waals surface area contributed by atoms with Crippen LogP contribution in [-0.2, 0) is 6.54 Å². The first-order valence-corrected chi connectivity index (χ1v) is 7.55. The van der Waals surface area contributed by atoms with Crippen LogP contribution in [0.15, 0.2) is 24.3 Å². The Labute approximate surface area is 126 Å². The molecule has 0 aliphatic heterocycles. The third kappa shape index (κ3) is 4.55. The van der Waals surface area contributed by atoms with Gasteiger partial charge in [-0.25, -0.2) is 4.79 Å². The first-order chi connectivity index (χ1) is 9.80. The zero-order valence-corrected chi connectivity index (χ0v) is 12.9. The molecule has 1 saturated carbocycles. The molecule has 0 amide bonds. The van der Waals surface area contributed by atoms with Crippen LogP contribution in [0, 0.1) is 5.41 Å². The summed E-state index contributed by atoms with van der Waals surface area (Å²) in [5.41, 5.74) is 0.934. The van der Waals surface area contributed by atoms with Crippen LogP contribution in [0.2, 0.25) is 0 Å². The van der Waals surface area contributed by atoms with E-state index >= 15 is 0 Å². The predicted octanol–water partition coefficient (Wildman–Crippen LogP) is 2.81. The number of hydrogen-bond donors (Lipinski definition) is 3. The van der Waals surface area contributed by atoms with E-state index in [1.54, 1.807) is 18.2 Å². The summed E-state index contributed by atoms with van der Waals surface area (Å²) in [6, 6.07) is 6.90. The third-order valence-electron chi connectivity index (χ3n) is 4.49. The van der Waals surface area contributed by atoms with Crippen molar-refractivity contribution in [3.8, 4) is 0 Å². The van der Waals surface area contributed by atoms with E-state index in [1.165, 1.54) is 0 Å². The lowest BCUT2D eigenvalue weighted by atomic mass is 9.71. The molecule has 1 aliphatic rings. The van der Waals surface area contributed by atoms with Gasteiger partial charge in [0.1, 0.15) is 0 Å². The molecule has 1 aromatic rings. The summed E-state index contributed by atoms with van der Waals surface area (Å²) in [6.07, 6.45) is 3.73.